The number of aromatic nitrogens is 2. The monoisotopic (exact) mass is 198 g/mol. The number of rotatable bonds is 3. The van der Waals surface area contributed by atoms with Crippen LogP contribution >= 0.6 is 11.6 Å². The van der Waals surface area contributed by atoms with E-state index in [0.29, 0.717) is 11.1 Å². The fourth-order valence-corrected chi connectivity index (χ4v) is 1.21. The van der Waals surface area contributed by atoms with Crippen molar-refractivity contribution in [2.75, 3.05) is 0 Å². The molecule has 1 rings (SSSR count). The first-order valence-electron chi connectivity index (χ1n) is 4.61. The minimum absolute atomic E-state index is 0.507. The van der Waals surface area contributed by atoms with Crippen LogP contribution in [0.3, 0.4) is 0 Å². The van der Waals surface area contributed by atoms with E-state index in [1.165, 1.54) is 6.42 Å². The largest absolute Gasteiger partial charge is 0.253 e. The number of nitrogens with zero attached hydrogens (tertiary/aromatic N) is 2. The van der Waals surface area contributed by atoms with Gasteiger partial charge in [-0.15, -0.1) is 0 Å². The molecule has 0 fully saturated rings. The summed E-state index contributed by atoms with van der Waals surface area (Å²) < 4.78 is 0. The highest BCUT2D eigenvalue weighted by Gasteiger charge is 2.04. The molecule has 3 heteroatoms. The lowest BCUT2D eigenvalue weighted by atomic mass is 10.0. The van der Waals surface area contributed by atoms with Gasteiger partial charge in [-0.2, -0.15) is 0 Å². The van der Waals surface area contributed by atoms with Crippen molar-refractivity contribution >= 4 is 11.6 Å². The van der Waals surface area contributed by atoms with Crippen molar-refractivity contribution < 1.29 is 0 Å². The molecule has 0 bridgehead atoms. The predicted octanol–water partition coefficient (Wildman–Crippen LogP) is 3.03. The van der Waals surface area contributed by atoms with Gasteiger partial charge in [0.05, 0.1) is 17.6 Å². The maximum absolute atomic E-state index is 5.78. The third-order valence-corrected chi connectivity index (χ3v) is 2.56. The molecule has 0 spiro atoms. The van der Waals surface area contributed by atoms with Crippen molar-refractivity contribution in [1.82, 2.24) is 9.97 Å². The second kappa shape index (κ2) is 4.56. The number of hydrogen-bond acceptors (Lipinski definition) is 2. The van der Waals surface area contributed by atoms with Crippen LogP contribution in [0.1, 0.15) is 31.7 Å². The zero-order chi connectivity index (χ0) is 9.84. The molecule has 72 valence electrons. The summed E-state index contributed by atoms with van der Waals surface area (Å²) in [6.07, 6.45) is 3.92. The Kier molecular flexibility index (Phi) is 3.67. The second-order valence-electron chi connectivity index (χ2n) is 3.46. The van der Waals surface area contributed by atoms with Gasteiger partial charge in [-0.1, -0.05) is 31.9 Å². The predicted molar refractivity (Wildman–Crippen MR) is 54.9 cm³/mol. The average Bonchev–Trinajstić information content (AvgIpc) is 2.11. The van der Waals surface area contributed by atoms with Gasteiger partial charge in [0, 0.05) is 0 Å². The maximum atomic E-state index is 5.78. The topological polar surface area (TPSA) is 25.8 Å². The Labute approximate surface area is 84.4 Å². The molecule has 1 atom stereocenters. The molecule has 1 aromatic rings. The highest BCUT2D eigenvalue weighted by Crippen LogP contribution is 2.12. The molecule has 13 heavy (non-hydrogen) atoms. The molecule has 2 nitrogen and oxygen atoms in total. The van der Waals surface area contributed by atoms with Crippen molar-refractivity contribution in [3.63, 3.8) is 0 Å². The van der Waals surface area contributed by atoms with E-state index < -0.39 is 0 Å². The molecule has 0 aliphatic heterocycles. The van der Waals surface area contributed by atoms with Crippen molar-refractivity contribution in [3.05, 3.63) is 22.7 Å². The molecule has 1 heterocycles. The molecular weight excluding hydrogens is 184 g/mol. The Hall–Kier alpha value is -0.630. The summed E-state index contributed by atoms with van der Waals surface area (Å²) in [6, 6.07) is 0. The molecule has 0 aliphatic carbocycles. The maximum Gasteiger partial charge on any atom is 0.150 e. The second-order valence-corrected chi connectivity index (χ2v) is 3.81. The summed E-state index contributed by atoms with van der Waals surface area (Å²) >= 11 is 5.78. The summed E-state index contributed by atoms with van der Waals surface area (Å²) in [5, 5.41) is 0.507. The first kappa shape index (κ1) is 10.5. The van der Waals surface area contributed by atoms with E-state index in [2.05, 4.69) is 23.8 Å². The number of halogens is 1. The minimum Gasteiger partial charge on any atom is -0.253 e. The van der Waals surface area contributed by atoms with Crippen molar-refractivity contribution in [3.8, 4) is 0 Å². The summed E-state index contributed by atoms with van der Waals surface area (Å²) in [7, 11) is 0. The molecule has 0 N–H and O–H groups in total. The molecule has 0 aromatic carbocycles. The lowest BCUT2D eigenvalue weighted by molar-refractivity contribution is 0.550. The SMILES string of the molecule is CCC(C)Cc1cnc(Cl)c(C)n1. The molecule has 0 aliphatic rings. The Balaban J connectivity index is 2.73. The number of hydrogen-bond donors (Lipinski definition) is 0. The van der Waals surface area contributed by atoms with Crippen LogP contribution in [0.15, 0.2) is 6.20 Å². The first-order chi connectivity index (χ1) is 6.13. The van der Waals surface area contributed by atoms with Gasteiger partial charge in [-0.3, -0.25) is 4.98 Å². The Morgan fingerprint density at radius 2 is 2.23 bits per heavy atom. The molecule has 0 amide bonds. The summed E-state index contributed by atoms with van der Waals surface area (Å²) in [5.74, 6) is 0.662. The Morgan fingerprint density at radius 1 is 1.54 bits per heavy atom. The van der Waals surface area contributed by atoms with E-state index in [4.69, 9.17) is 11.6 Å². The van der Waals surface area contributed by atoms with Gasteiger partial charge in [0.1, 0.15) is 5.15 Å². The van der Waals surface area contributed by atoms with Gasteiger partial charge in [0.15, 0.2) is 0 Å². The van der Waals surface area contributed by atoms with E-state index in [9.17, 15) is 0 Å². The van der Waals surface area contributed by atoms with Gasteiger partial charge in [0.25, 0.3) is 0 Å². The Morgan fingerprint density at radius 3 is 2.77 bits per heavy atom. The van der Waals surface area contributed by atoms with Crippen LogP contribution in [0, 0.1) is 12.8 Å². The van der Waals surface area contributed by atoms with Crippen molar-refractivity contribution in [1.29, 1.82) is 0 Å². The molecule has 1 aromatic heterocycles. The van der Waals surface area contributed by atoms with E-state index in [-0.39, 0.29) is 0 Å². The fourth-order valence-electron chi connectivity index (χ4n) is 1.11. The normalized spacial score (nSPS) is 12.9. The van der Waals surface area contributed by atoms with Crippen LogP contribution in [-0.2, 0) is 6.42 Å². The highest BCUT2D eigenvalue weighted by atomic mass is 35.5. The summed E-state index contributed by atoms with van der Waals surface area (Å²) in [4.78, 5) is 8.44. The summed E-state index contributed by atoms with van der Waals surface area (Å²) in [5.41, 5.74) is 1.86. The van der Waals surface area contributed by atoms with Gasteiger partial charge < -0.3 is 0 Å². The highest BCUT2D eigenvalue weighted by molar-refractivity contribution is 6.29. The summed E-state index contributed by atoms with van der Waals surface area (Å²) in [6.45, 7) is 6.28. The molecular formula is C10H15ClN2. The van der Waals surface area contributed by atoms with E-state index in [0.717, 1.165) is 17.8 Å². The zero-order valence-corrected chi connectivity index (χ0v) is 9.10. The van der Waals surface area contributed by atoms with Crippen LogP contribution in [-0.4, -0.2) is 9.97 Å². The van der Waals surface area contributed by atoms with Gasteiger partial charge in [-0.05, 0) is 19.3 Å². The van der Waals surface area contributed by atoms with Crippen LogP contribution in [0.25, 0.3) is 0 Å². The zero-order valence-electron chi connectivity index (χ0n) is 8.34. The van der Waals surface area contributed by atoms with Crippen LogP contribution in [0.4, 0.5) is 0 Å². The van der Waals surface area contributed by atoms with Crippen molar-refractivity contribution in [2.24, 2.45) is 5.92 Å². The smallest absolute Gasteiger partial charge is 0.150 e. The molecule has 0 radical (unpaired) electrons. The van der Waals surface area contributed by atoms with E-state index in [1.807, 2.05) is 6.92 Å². The van der Waals surface area contributed by atoms with Crippen molar-refractivity contribution in [2.45, 2.75) is 33.6 Å². The minimum atomic E-state index is 0.507. The molecule has 0 saturated carbocycles. The quantitative estimate of drug-likeness (QED) is 0.746. The van der Waals surface area contributed by atoms with Crippen LogP contribution in [0.5, 0.6) is 0 Å². The number of aryl methyl sites for hydroxylation is 1. The third kappa shape index (κ3) is 2.96. The standard InChI is InChI=1S/C10H15ClN2/c1-4-7(2)5-9-6-12-10(11)8(3)13-9/h6-7H,4-5H2,1-3H3. The van der Waals surface area contributed by atoms with E-state index >= 15 is 0 Å². The fraction of sp³-hybridized carbons (Fsp3) is 0.600. The van der Waals surface area contributed by atoms with Crippen LogP contribution in [0.2, 0.25) is 5.15 Å². The third-order valence-electron chi connectivity index (χ3n) is 2.19. The van der Waals surface area contributed by atoms with Gasteiger partial charge in [-0.25, -0.2) is 4.98 Å². The molecule has 0 saturated heterocycles. The van der Waals surface area contributed by atoms with Gasteiger partial charge in [0.2, 0.25) is 0 Å². The lowest BCUT2D eigenvalue weighted by Gasteiger charge is -2.07. The Bertz CT molecular complexity index is 286. The molecule has 1 unspecified atom stereocenters. The average molecular weight is 199 g/mol. The van der Waals surface area contributed by atoms with Crippen LogP contribution < -0.4 is 0 Å². The lowest BCUT2D eigenvalue weighted by Crippen LogP contribution is -2.02. The van der Waals surface area contributed by atoms with E-state index in [1.54, 1.807) is 6.20 Å². The van der Waals surface area contributed by atoms with Gasteiger partial charge >= 0.3 is 0 Å². The first-order valence-corrected chi connectivity index (χ1v) is 4.99.